The Hall–Kier alpha value is -0.820. The molecule has 0 saturated heterocycles. The average molecular weight is 288 g/mol. The van der Waals surface area contributed by atoms with Crippen molar-refractivity contribution in [3.63, 3.8) is 0 Å². The topological polar surface area (TPSA) is 20.2 Å². The highest BCUT2D eigenvalue weighted by Crippen LogP contribution is 2.51. The monoisotopic (exact) mass is 288 g/mol. The van der Waals surface area contributed by atoms with E-state index in [1.54, 1.807) is 0 Å². The Labute approximate surface area is 130 Å². The first kappa shape index (κ1) is 16.5. The molecule has 0 spiro atoms. The molecule has 0 aromatic carbocycles. The van der Waals surface area contributed by atoms with Crippen LogP contribution in [0, 0.1) is 23.2 Å². The van der Waals surface area contributed by atoms with Crippen LogP contribution in [0.5, 0.6) is 0 Å². The molecule has 0 amide bonds. The lowest BCUT2D eigenvalue weighted by atomic mass is 9.57. The van der Waals surface area contributed by atoms with Crippen molar-refractivity contribution in [1.29, 1.82) is 0 Å². The zero-order valence-corrected chi connectivity index (χ0v) is 14.4. The molecule has 0 aromatic heterocycles. The molecule has 0 radical (unpaired) electrons. The summed E-state index contributed by atoms with van der Waals surface area (Å²) in [6, 6.07) is 0. The Morgan fingerprint density at radius 1 is 1.48 bits per heavy atom. The van der Waals surface area contributed by atoms with Crippen LogP contribution >= 0.6 is 0 Å². The van der Waals surface area contributed by atoms with Gasteiger partial charge in [-0.3, -0.25) is 0 Å². The third kappa shape index (κ3) is 3.51. The second-order valence-electron chi connectivity index (χ2n) is 7.78. The van der Waals surface area contributed by atoms with Gasteiger partial charge in [0.05, 0.1) is 6.10 Å². The molecule has 0 aliphatic heterocycles. The van der Waals surface area contributed by atoms with Gasteiger partial charge in [0.1, 0.15) is 0 Å². The fourth-order valence-electron chi connectivity index (χ4n) is 4.41. The summed E-state index contributed by atoms with van der Waals surface area (Å²) in [4.78, 5) is 0. The van der Waals surface area contributed by atoms with Crippen molar-refractivity contribution in [1.82, 2.24) is 0 Å². The van der Waals surface area contributed by atoms with Gasteiger partial charge in [-0.1, -0.05) is 49.3 Å². The van der Waals surface area contributed by atoms with E-state index in [-0.39, 0.29) is 11.5 Å². The summed E-state index contributed by atoms with van der Waals surface area (Å²) in [5.41, 5.74) is 2.91. The van der Waals surface area contributed by atoms with Crippen LogP contribution < -0.4 is 0 Å². The van der Waals surface area contributed by atoms with Crippen LogP contribution in [0.25, 0.3) is 0 Å². The summed E-state index contributed by atoms with van der Waals surface area (Å²) in [6.45, 7) is 11.2. The molecule has 5 atom stereocenters. The number of fused-ring (bicyclic) bond motifs is 1. The van der Waals surface area contributed by atoms with Crippen LogP contribution in [-0.2, 0) is 0 Å². The van der Waals surface area contributed by atoms with Crippen LogP contribution in [-0.4, -0.2) is 11.2 Å². The predicted molar refractivity (Wildman–Crippen MR) is 91.1 cm³/mol. The van der Waals surface area contributed by atoms with Crippen molar-refractivity contribution in [3.8, 4) is 0 Å². The van der Waals surface area contributed by atoms with E-state index in [1.807, 2.05) is 0 Å². The molecule has 0 aromatic rings. The van der Waals surface area contributed by atoms with Gasteiger partial charge in [-0.05, 0) is 63.7 Å². The van der Waals surface area contributed by atoms with Gasteiger partial charge in [0.2, 0.25) is 0 Å². The molecule has 0 bridgehead atoms. The van der Waals surface area contributed by atoms with Crippen molar-refractivity contribution in [2.24, 2.45) is 23.2 Å². The van der Waals surface area contributed by atoms with E-state index >= 15 is 0 Å². The molecule has 1 heteroatoms. The maximum atomic E-state index is 11.0. The average Bonchev–Trinajstić information content (AvgIpc) is 2.37. The maximum Gasteiger partial charge on any atom is 0.0644 e. The summed E-state index contributed by atoms with van der Waals surface area (Å²) in [5.74, 6) is 1.36. The summed E-state index contributed by atoms with van der Waals surface area (Å²) >= 11 is 0. The second kappa shape index (κ2) is 6.52. The smallest absolute Gasteiger partial charge is 0.0644 e. The van der Waals surface area contributed by atoms with Crippen molar-refractivity contribution in [2.45, 2.75) is 66.4 Å². The molecule has 2 aliphatic rings. The Kier molecular flexibility index (Phi) is 5.14. The number of hydrogen-bond donors (Lipinski definition) is 1. The largest absolute Gasteiger partial charge is 0.392 e. The standard InChI is InChI=1S/C20H32O/c1-14(2)8-6-9-15(3)17-11-13-20(5)12-7-10-16(4)18(20)19(17)21/h7-8,10,12,15,17-19,21H,6,9,11,13H2,1-5H3/t15?,17-,18-,19+,20+/m0/s1. The Morgan fingerprint density at radius 2 is 2.19 bits per heavy atom. The molecule has 1 nitrogen and oxygen atoms in total. The number of aliphatic hydroxyl groups is 1. The van der Waals surface area contributed by atoms with Gasteiger partial charge < -0.3 is 5.11 Å². The zero-order valence-electron chi connectivity index (χ0n) is 14.4. The normalized spacial score (nSPS) is 36.7. The van der Waals surface area contributed by atoms with Gasteiger partial charge in [-0.15, -0.1) is 0 Å². The van der Waals surface area contributed by atoms with Crippen LogP contribution in [0.2, 0.25) is 0 Å². The van der Waals surface area contributed by atoms with Crippen LogP contribution in [0.4, 0.5) is 0 Å². The first-order valence-corrected chi connectivity index (χ1v) is 8.52. The van der Waals surface area contributed by atoms with Crippen molar-refractivity contribution >= 4 is 0 Å². The Bertz CT molecular complexity index is 452. The molecule has 118 valence electrons. The molecule has 1 N–H and O–H groups in total. The van der Waals surface area contributed by atoms with Gasteiger partial charge in [-0.2, -0.15) is 0 Å². The number of hydrogen-bond acceptors (Lipinski definition) is 1. The van der Waals surface area contributed by atoms with E-state index in [0.29, 0.717) is 17.8 Å². The van der Waals surface area contributed by atoms with Crippen LogP contribution in [0.3, 0.4) is 0 Å². The van der Waals surface area contributed by atoms with Crippen molar-refractivity contribution < 1.29 is 5.11 Å². The molecular weight excluding hydrogens is 256 g/mol. The van der Waals surface area contributed by atoms with E-state index in [0.717, 1.165) is 12.8 Å². The fraction of sp³-hybridized carbons (Fsp3) is 0.700. The highest BCUT2D eigenvalue weighted by atomic mass is 16.3. The molecule has 0 heterocycles. The molecule has 1 saturated carbocycles. The van der Waals surface area contributed by atoms with E-state index in [2.05, 4.69) is 58.9 Å². The van der Waals surface area contributed by atoms with Gasteiger partial charge in [0.25, 0.3) is 0 Å². The Morgan fingerprint density at radius 3 is 2.86 bits per heavy atom. The molecule has 1 fully saturated rings. The highest BCUT2D eigenvalue weighted by molar-refractivity contribution is 5.28. The van der Waals surface area contributed by atoms with Crippen molar-refractivity contribution in [2.75, 3.05) is 0 Å². The van der Waals surface area contributed by atoms with Gasteiger partial charge in [0, 0.05) is 5.92 Å². The lowest BCUT2D eigenvalue weighted by Gasteiger charge is -2.49. The molecule has 1 unspecified atom stereocenters. The van der Waals surface area contributed by atoms with Gasteiger partial charge in [0.15, 0.2) is 0 Å². The lowest BCUT2D eigenvalue weighted by molar-refractivity contribution is -0.0413. The van der Waals surface area contributed by atoms with E-state index < -0.39 is 0 Å². The zero-order chi connectivity index (χ0) is 15.6. The predicted octanol–water partition coefficient (Wildman–Crippen LogP) is 5.28. The van der Waals surface area contributed by atoms with E-state index in [9.17, 15) is 5.11 Å². The van der Waals surface area contributed by atoms with E-state index in [4.69, 9.17) is 0 Å². The molecule has 2 rings (SSSR count). The number of aliphatic hydroxyl groups excluding tert-OH is 1. The quantitative estimate of drug-likeness (QED) is 0.698. The minimum Gasteiger partial charge on any atom is -0.392 e. The van der Waals surface area contributed by atoms with E-state index in [1.165, 1.54) is 24.0 Å². The Balaban J connectivity index is 2.06. The second-order valence-corrected chi connectivity index (χ2v) is 7.78. The van der Waals surface area contributed by atoms with Crippen molar-refractivity contribution in [3.05, 3.63) is 35.5 Å². The minimum absolute atomic E-state index is 0.161. The van der Waals surface area contributed by atoms with Crippen LogP contribution in [0.1, 0.15) is 60.3 Å². The highest BCUT2D eigenvalue weighted by Gasteiger charge is 2.47. The first-order chi connectivity index (χ1) is 9.85. The van der Waals surface area contributed by atoms with Gasteiger partial charge in [-0.25, -0.2) is 0 Å². The SMILES string of the molecule is CC(C)=CCCC(C)[C@@H]1CC[C@@]2(C)C=CC=C(C)[C@H]2[C@@H]1O. The minimum atomic E-state index is -0.188. The fourth-order valence-corrected chi connectivity index (χ4v) is 4.41. The summed E-state index contributed by atoms with van der Waals surface area (Å²) in [6.07, 6.45) is 13.5. The third-order valence-electron chi connectivity index (χ3n) is 5.74. The van der Waals surface area contributed by atoms with Gasteiger partial charge >= 0.3 is 0 Å². The van der Waals surface area contributed by atoms with Crippen LogP contribution in [0.15, 0.2) is 35.5 Å². The number of allylic oxidation sites excluding steroid dienone is 5. The molecule has 2 aliphatic carbocycles. The molecule has 21 heavy (non-hydrogen) atoms. The summed E-state index contributed by atoms with van der Waals surface area (Å²) in [5, 5.41) is 11.0. The summed E-state index contributed by atoms with van der Waals surface area (Å²) in [7, 11) is 0. The maximum absolute atomic E-state index is 11.0. The summed E-state index contributed by atoms with van der Waals surface area (Å²) < 4.78 is 0. The molecular formula is C20H32O. The third-order valence-corrected chi connectivity index (χ3v) is 5.74. The number of rotatable bonds is 4. The lowest BCUT2D eigenvalue weighted by Crippen LogP contribution is -2.47. The first-order valence-electron chi connectivity index (χ1n) is 8.52.